The monoisotopic (exact) mass is 210 g/mol. The molecule has 3 aliphatic rings. The quantitative estimate of drug-likeness (QED) is 0.757. The summed E-state index contributed by atoms with van der Waals surface area (Å²) < 4.78 is 5.36. The van der Waals surface area contributed by atoms with Crippen molar-refractivity contribution in [2.45, 2.75) is 44.6 Å². The molecule has 2 heteroatoms. The van der Waals surface area contributed by atoms with Gasteiger partial charge in [0.25, 0.3) is 0 Å². The summed E-state index contributed by atoms with van der Waals surface area (Å²) in [6.07, 6.45) is 7.72. The van der Waals surface area contributed by atoms with Gasteiger partial charge in [-0.2, -0.15) is 0 Å². The van der Waals surface area contributed by atoms with Crippen LogP contribution in [0.3, 0.4) is 0 Å². The summed E-state index contributed by atoms with van der Waals surface area (Å²) >= 11 is 0. The fraction of sp³-hybridized carbons (Fsp3) is 1.00. The van der Waals surface area contributed by atoms with Crippen LogP contribution in [0.1, 0.15) is 38.5 Å². The second kappa shape index (κ2) is 4.06. The summed E-state index contributed by atoms with van der Waals surface area (Å²) in [4.78, 5) is 0. The van der Waals surface area contributed by atoms with E-state index < -0.39 is 0 Å². The lowest BCUT2D eigenvalue weighted by Crippen LogP contribution is -2.29. The third kappa shape index (κ3) is 1.83. The number of fused-ring (bicyclic) bond motifs is 1. The lowest BCUT2D eigenvalue weighted by atomic mass is 9.90. The summed E-state index contributed by atoms with van der Waals surface area (Å²) in [6.45, 7) is 1.73. The average molecular weight is 210 g/mol. The zero-order valence-electron chi connectivity index (χ0n) is 9.40. The molecule has 0 aromatic rings. The Hall–Kier alpha value is -0.0800. The van der Waals surface area contributed by atoms with Gasteiger partial charge in [0.2, 0.25) is 0 Å². The molecule has 3 rings (SSSR count). The molecule has 0 radical (unpaired) electrons. The van der Waals surface area contributed by atoms with Gasteiger partial charge in [-0.1, -0.05) is 12.8 Å². The largest absolute Gasteiger partial charge is 0.393 e. The van der Waals surface area contributed by atoms with E-state index >= 15 is 0 Å². The van der Waals surface area contributed by atoms with Crippen molar-refractivity contribution >= 4 is 0 Å². The smallest absolute Gasteiger partial charge is 0.0603 e. The summed E-state index contributed by atoms with van der Waals surface area (Å²) in [6, 6.07) is 0. The molecule has 2 aliphatic carbocycles. The molecule has 0 spiro atoms. The predicted octanol–water partition coefficient (Wildman–Crippen LogP) is 2.21. The first kappa shape index (κ1) is 10.1. The van der Waals surface area contributed by atoms with Crippen molar-refractivity contribution in [1.82, 2.24) is 0 Å². The van der Waals surface area contributed by atoms with Crippen molar-refractivity contribution in [3.8, 4) is 0 Å². The molecule has 0 aromatic carbocycles. The Labute approximate surface area is 92.0 Å². The predicted molar refractivity (Wildman–Crippen MR) is 58.5 cm³/mol. The maximum atomic E-state index is 10.4. The zero-order chi connectivity index (χ0) is 10.3. The van der Waals surface area contributed by atoms with Crippen molar-refractivity contribution < 1.29 is 9.84 Å². The molecule has 15 heavy (non-hydrogen) atoms. The molecule has 86 valence electrons. The first-order valence-electron chi connectivity index (χ1n) is 6.64. The molecule has 0 amide bonds. The van der Waals surface area contributed by atoms with Gasteiger partial charge < -0.3 is 9.84 Å². The highest BCUT2D eigenvalue weighted by Crippen LogP contribution is 2.58. The Morgan fingerprint density at radius 3 is 2.13 bits per heavy atom. The maximum absolute atomic E-state index is 10.4. The molecule has 3 unspecified atom stereocenters. The van der Waals surface area contributed by atoms with E-state index in [1.165, 1.54) is 25.7 Å². The minimum Gasteiger partial charge on any atom is -0.393 e. The third-order valence-electron chi connectivity index (χ3n) is 4.87. The van der Waals surface area contributed by atoms with E-state index in [0.29, 0.717) is 11.8 Å². The standard InChI is InChI=1S/C13H22O2/c14-13(9-5-7-15-8-6-9)12-10-3-1-2-4-11(10)12/h9-14H,1-8H2. The molecule has 1 N–H and O–H groups in total. The minimum atomic E-state index is -0.0120. The summed E-state index contributed by atoms with van der Waals surface area (Å²) in [5, 5.41) is 10.4. The van der Waals surface area contributed by atoms with Crippen molar-refractivity contribution in [1.29, 1.82) is 0 Å². The van der Waals surface area contributed by atoms with Crippen molar-refractivity contribution in [2.24, 2.45) is 23.7 Å². The van der Waals surface area contributed by atoms with E-state index in [-0.39, 0.29) is 6.10 Å². The molecular weight excluding hydrogens is 188 g/mol. The normalized spacial score (nSPS) is 43.4. The highest BCUT2D eigenvalue weighted by molar-refractivity contribution is 5.03. The van der Waals surface area contributed by atoms with Crippen LogP contribution in [0.5, 0.6) is 0 Å². The first-order chi connectivity index (χ1) is 7.38. The van der Waals surface area contributed by atoms with Crippen LogP contribution in [0.25, 0.3) is 0 Å². The Balaban J connectivity index is 1.58. The first-order valence-corrected chi connectivity index (χ1v) is 6.64. The highest BCUT2D eigenvalue weighted by Gasteiger charge is 2.55. The maximum Gasteiger partial charge on any atom is 0.0603 e. The molecule has 0 bridgehead atoms. The topological polar surface area (TPSA) is 29.5 Å². The summed E-state index contributed by atoms with van der Waals surface area (Å²) in [5.41, 5.74) is 0. The SMILES string of the molecule is OC(C1CCOCC1)C1C2CCCCC21. The van der Waals surface area contributed by atoms with E-state index in [0.717, 1.165) is 37.9 Å². The molecule has 0 aromatic heterocycles. The summed E-state index contributed by atoms with van der Waals surface area (Å²) in [5.74, 6) is 2.97. The van der Waals surface area contributed by atoms with Crippen LogP contribution in [0.4, 0.5) is 0 Å². The zero-order valence-corrected chi connectivity index (χ0v) is 9.40. The van der Waals surface area contributed by atoms with Crippen LogP contribution in [-0.2, 0) is 4.74 Å². The molecule has 1 aliphatic heterocycles. The average Bonchev–Trinajstić information content (AvgIpc) is 3.03. The van der Waals surface area contributed by atoms with Crippen molar-refractivity contribution in [3.05, 3.63) is 0 Å². The van der Waals surface area contributed by atoms with E-state index in [1.54, 1.807) is 0 Å². The molecule has 1 saturated heterocycles. The lowest BCUT2D eigenvalue weighted by Gasteiger charge is -2.27. The Kier molecular flexibility index (Phi) is 2.73. The third-order valence-corrected chi connectivity index (χ3v) is 4.87. The summed E-state index contributed by atoms with van der Waals surface area (Å²) in [7, 11) is 0. The number of hydrogen-bond donors (Lipinski definition) is 1. The number of rotatable bonds is 2. The number of aliphatic hydroxyl groups is 1. The Morgan fingerprint density at radius 2 is 1.53 bits per heavy atom. The van der Waals surface area contributed by atoms with Gasteiger partial charge in [0.1, 0.15) is 0 Å². The number of ether oxygens (including phenoxy) is 1. The number of aliphatic hydroxyl groups excluding tert-OH is 1. The molecule has 1 heterocycles. The van der Waals surface area contributed by atoms with E-state index in [9.17, 15) is 5.11 Å². The van der Waals surface area contributed by atoms with Gasteiger partial charge in [0.15, 0.2) is 0 Å². The van der Waals surface area contributed by atoms with Crippen molar-refractivity contribution in [2.75, 3.05) is 13.2 Å². The molecule has 3 fully saturated rings. The van der Waals surface area contributed by atoms with Crippen LogP contribution < -0.4 is 0 Å². The van der Waals surface area contributed by atoms with E-state index in [1.807, 2.05) is 0 Å². The lowest BCUT2D eigenvalue weighted by molar-refractivity contribution is -0.00447. The van der Waals surface area contributed by atoms with Crippen LogP contribution in [0.2, 0.25) is 0 Å². The van der Waals surface area contributed by atoms with E-state index in [2.05, 4.69) is 0 Å². The van der Waals surface area contributed by atoms with Crippen LogP contribution in [-0.4, -0.2) is 24.4 Å². The van der Waals surface area contributed by atoms with Crippen LogP contribution in [0.15, 0.2) is 0 Å². The molecule has 3 atom stereocenters. The van der Waals surface area contributed by atoms with Crippen LogP contribution >= 0.6 is 0 Å². The van der Waals surface area contributed by atoms with Crippen molar-refractivity contribution in [3.63, 3.8) is 0 Å². The Bertz CT molecular complexity index is 211. The second-order valence-electron chi connectivity index (χ2n) is 5.63. The fourth-order valence-corrected chi connectivity index (χ4v) is 3.93. The van der Waals surface area contributed by atoms with Gasteiger partial charge in [-0.3, -0.25) is 0 Å². The molecular formula is C13H22O2. The van der Waals surface area contributed by atoms with Gasteiger partial charge in [-0.05, 0) is 49.4 Å². The van der Waals surface area contributed by atoms with Gasteiger partial charge in [0, 0.05) is 13.2 Å². The van der Waals surface area contributed by atoms with Gasteiger partial charge >= 0.3 is 0 Å². The van der Waals surface area contributed by atoms with Gasteiger partial charge in [-0.25, -0.2) is 0 Å². The highest BCUT2D eigenvalue weighted by atomic mass is 16.5. The van der Waals surface area contributed by atoms with Gasteiger partial charge in [-0.15, -0.1) is 0 Å². The second-order valence-corrected chi connectivity index (χ2v) is 5.63. The fourth-order valence-electron chi connectivity index (χ4n) is 3.93. The van der Waals surface area contributed by atoms with E-state index in [4.69, 9.17) is 4.74 Å². The molecule has 2 nitrogen and oxygen atoms in total. The van der Waals surface area contributed by atoms with Gasteiger partial charge in [0.05, 0.1) is 6.10 Å². The number of hydrogen-bond acceptors (Lipinski definition) is 2. The minimum absolute atomic E-state index is 0.0120. The van der Waals surface area contributed by atoms with Crippen LogP contribution in [0, 0.1) is 23.7 Å². The Morgan fingerprint density at radius 1 is 0.933 bits per heavy atom. The molecule has 2 saturated carbocycles.